The van der Waals surface area contributed by atoms with E-state index in [-0.39, 0.29) is 6.04 Å². The first-order valence-electron chi connectivity index (χ1n) is 5.88. The van der Waals surface area contributed by atoms with Gasteiger partial charge in [0.25, 0.3) is 0 Å². The molecule has 4 N–H and O–H groups in total. The van der Waals surface area contributed by atoms with Gasteiger partial charge in [-0.15, -0.1) is 11.3 Å². The molecule has 1 rings (SSSR count). The molecule has 0 saturated heterocycles. The Labute approximate surface area is 115 Å². The third-order valence-corrected chi connectivity index (χ3v) is 3.49. The van der Waals surface area contributed by atoms with Crippen molar-refractivity contribution in [2.75, 3.05) is 6.61 Å². The highest BCUT2D eigenvalue weighted by atomic mass is 32.1. The fourth-order valence-electron chi connectivity index (χ4n) is 1.56. The van der Waals surface area contributed by atoms with Gasteiger partial charge in [-0.3, -0.25) is 0 Å². The highest BCUT2D eigenvalue weighted by Crippen LogP contribution is 2.16. The van der Waals surface area contributed by atoms with Crippen LogP contribution >= 0.6 is 11.3 Å². The molecule has 2 amide bonds. The van der Waals surface area contributed by atoms with Crippen LogP contribution in [0.3, 0.4) is 0 Å². The predicted octanol–water partition coefficient (Wildman–Crippen LogP) is 0.732. The molecule has 1 aromatic heterocycles. The average molecular weight is 286 g/mol. The summed E-state index contributed by atoms with van der Waals surface area (Å²) in [4.78, 5) is 24.5. The van der Waals surface area contributed by atoms with Crippen molar-refractivity contribution < 1.29 is 19.8 Å². The predicted molar refractivity (Wildman–Crippen MR) is 72.4 cm³/mol. The number of carbonyl (C=O) groups excluding carboxylic acids is 1. The summed E-state index contributed by atoms with van der Waals surface area (Å²) >= 11 is 1.66. The maximum absolute atomic E-state index is 11.5. The summed E-state index contributed by atoms with van der Waals surface area (Å²) in [5, 5.41) is 22.3. The SMILES string of the molecule is Cc1ccc(CC(C)NC(=O)N[C@@H](CO)C(=O)O)s1. The van der Waals surface area contributed by atoms with E-state index in [1.165, 1.54) is 4.88 Å². The van der Waals surface area contributed by atoms with Gasteiger partial charge in [-0.1, -0.05) is 0 Å². The molecule has 0 saturated carbocycles. The molecule has 6 nitrogen and oxygen atoms in total. The van der Waals surface area contributed by atoms with Crippen molar-refractivity contribution in [1.82, 2.24) is 10.6 Å². The number of carbonyl (C=O) groups is 2. The summed E-state index contributed by atoms with van der Waals surface area (Å²) < 4.78 is 0. The molecule has 0 radical (unpaired) electrons. The van der Waals surface area contributed by atoms with Crippen molar-refractivity contribution in [2.24, 2.45) is 0 Å². The Kier molecular flexibility index (Phi) is 5.78. The van der Waals surface area contributed by atoms with Crippen LogP contribution < -0.4 is 10.6 Å². The van der Waals surface area contributed by atoms with Gasteiger partial charge in [-0.05, 0) is 26.0 Å². The molecule has 0 spiro atoms. The Bertz CT molecular complexity index is 447. The van der Waals surface area contributed by atoms with Gasteiger partial charge in [-0.25, -0.2) is 9.59 Å². The van der Waals surface area contributed by atoms with Crippen molar-refractivity contribution >= 4 is 23.3 Å². The first-order chi connectivity index (χ1) is 8.92. The van der Waals surface area contributed by atoms with E-state index in [0.29, 0.717) is 6.42 Å². The van der Waals surface area contributed by atoms with Crippen LogP contribution in [0.2, 0.25) is 0 Å². The van der Waals surface area contributed by atoms with Crippen molar-refractivity contribution in [1.29, 1.82) is 0 Å². The van der Waals surface area contributed by atoms with E-state index in [4.69, 9.17) is 10.2 Å². The van der Waals surface area contributed by atoms with E-state index in [9.17, 15) is 9.59 Å². The Morgan fingerprint density at radius 1 is 1.37 bits per heavy atom. The van der Waals surface area contributed by atoms with Crippen LogP contribution in [-0.2, 0) is 11.2 Å². The summed E-state index contributed by atoms with van der Waals surface area (Å²) in [5.74, 6) is -1.26. The van der Waals surface area contributed by atoms with E-state index in [2.05, 4.69) is 10.6 Å². The smallest absolute Gasteiger partial charge is 0.328 e. The molecular formula is C12H18N2O4S. The molecule has 19 heavy (non-hydrogen) atoms. The van der Waals surface area contributed by atoms with Gasteiger partial charge < -0.3 is 20.8 Å². The molecule has 0 aliphatic rings. The Hall–Kier alpha value is -1.60. The van der Waals surface area contributed by atoms with Crippen LogP contribution in [0.5, 0.6) is 0 Å². The number of aliphatic carboxylic acids is 1. The summed E-state index contributed by atoms with van der Waals surface area (Å²) in [7, 11) is 0. The number of aryl methyl sites for hydroxylation is 1. The van der Waals surface area contributed by atoms with Crippen LogP contribution in [0.1, 0.15) is 16.7 Å². The number of hydrogen-bond donors (Lipinski definition) is 4. The van der Waals surface area contributed by atoms with Gasteiger partial charge in [0.15, 0.2) is 6.04 Å². The van der Waals surface area contributed by atoms with E-state index in [0.717, 1.165) is 4.88 Å². The Morgan fingerprint density at radius 2 is 2.05 bits per heavy atom. The zero-order valence-electron chi connectivity index (χ0n) is 10.8. The Morgan fingerprint density at radius 3 is 2.53 bits per heavy atom. The fourth-order valence-corrected chi connectivity index (χ4v) is 2.58. The van der Waals surface area contributed by atoms with Gasteiger partial charge in [0.05, 0.1) is 6.61 Å². The lowest BCUT2D eigenvalue weighted by atomic mass is 10.2. The molecule has 0 aliphatic carbocycles. The molecule has 106 valence electrons. The van der Waals surface area contributed by atoms with E-state index >= 15 is 0 Å². The minimum absolute atomic E-state index is 0.119. The number of carboxylic acid groups (broad SMARTS) is 1. The standard InChI is InChI=1S/C12H18N2O4S/c1-7(5-9-4-3-8(2)19-9)13-12(18)14-10(6-15)11(16)17/h3-4,7,10,15H,5-6H2,1-2H3,(H,16,17)(H2,13,14,18)/t7?,10-/m0/s1. The van der Waals surface area contributed by atoms with Crippen LogP contribution in [0.4, 0.5) is 4.79 Å². The average Bonchev–Trinajstić information content (AvgIpc) is 2.70. The zero-order chi connectivity index (χ0) is 14.4. The quantitative estimate of drug-likeness (QED) is 0.619. The number of aliphatic hydroxyl groups excluding tert-OH is 1. The molecule has 0 bridgehead atoms. The summed E-state index contributed by atoms with van der Waals surface area (Å²) in [6.45, 7) is 3.21. The lowest BCUT2D eigenvalue weighted by Gasteiger charge is -2.16. The third kappa shape index (κ3) is 5.27. The number of aliphatic hydroxyl groups is 1. The van der Waals surface area contributed by atoms with Gasteiger partial charge >= 0.3 is 12.0 Å². The first kappa shape index (κ1) is 15.5. The van der Waals surface area contributed by atoms with Gasteiger partial charge in [0, 0.05) is 22.2 Å². The van der Waals surface area contributed by atoms with Crippen LogP contribution in [0.25, 0.3) is 0 Å². The zero-order valence-corrected chi connectivity index (χ0v) is 11.7. The molecule has 7 heteroatoms. The second kappa shape index (κ2) is 7.10. The molecule has 0 fully saturated rings. The number of hydrogen-bond acceptors (Lipinski definition) is 4. The number of nitrogens with one attached hydrogen (secondary N) is 2. The summed E-state index contributed by atoms with van der Waals surface area (Å²) in [6.07, 6.45) is 0.683. The molecule has 1 heterocycles. The minimum Gasteiger partial charge on any atom is -0.480 e. The Balaban J connectivity index is 2.41. The molecular weight excluding hydrogens is 268 g/mol. The van der Waals surface area contributed by atoms with Crippen LogP contribution in [0.15, 0.2) is 12.1 Å². The molecule has 0 aliphatic heterocycles. The monoisotopic (exact) mass is 286 g/mol. The lowest BCUT2D eigenvalue weighted by Crippen LogP contribution is -2.50. The van der Waals surface area contributed by atoms with Crippen molar-refractivity contribution in [3.05, 3.63) is 21.9 Å². The summed E-state index contributed by atoms with van der Waals surface area (Å²) in [6, 6.07) is 2.02. The number of amides is 2. The largest absolute Gasteiger partial charge is 0.480 e. The van der Waals surface area contributed by atoms with E-state index in [1.54, 1.807) is 11.3 Å². The second-order valence-corrected chi connectivity index (χ2v) is 5.68. The molecule has 1 unspecified atom stereocenters. The topological polar surface area (TPSA) is 98.7 Å². The van der Waals surface area contributed by atoms with E-state index in [1.807, 2.05) is 26.0 Å². The number of thiophene rings is 1. The third-order valence-electron chi connectivity index (χ3n) is 2.47. The number of carboxylic acids is 1. The maximum Gasteiger partial charge on any atom is 0.328 e. The highest BCUT2D eigenvalue weighted by Gasteiger charge is 2.19. The number of rotatable bonds is 6. The molecule has 0 aromatic carbocycles. The van der Waals surface area contributed by atoms with Gasteiger partial charge in [-0.2, -0.15) is 0 Å². The van der Waals surface area contributed by atoms with Crippen molar-refractivity contribution in [2.45, 2.75) is 32.4 Å². The second-order valence-electron chi connectivity index (χ2n) is 4.31. The van der Waals surface area contributed by atoms with Gasteiger partial charge in [0.1, 0.15) is 0 Å². The molecule has 1 aromatic rings. The van der Waals surface area contributed by atoms with E-state index < -0.39 is 24.6 Å². The molecule has 2 atom stereocenters. The fraction of sp³-hybridized carbons (Fsp3) is 0.500. The minimum atomic E-state index is -1.28. The van der Waals surface area contributed by atoms with Crippen molar-refractivity contribution in [3.63, 3.8) is 0 Å². The van der Waals surface area contributed by atoms with Gasteiger partial charge in [0.2, 0.25) is 0 Å². The lowest BCUT2D eigenvalue weighted by molar-refractivity contribution is -0.140. The van der Waals surface area contributed by atoms with Crippen molar-refractivity contribution in [3.8, 4) is 0 Å². The first-order valence-corrected chi connectivity index (χ1v) is 6.70. The number of urea groups is 1. The summed E-state index contributed by atoms with van der Waals surface area (Å²) in [5.41, 5.74) is 0. The van der Waals surface area contributed by atoms with Crippen LogP contribution in [-0.4, -0.2) is 40.9 Å². The normalized spacial score (nSPS) is 13.6. The highest BCUT2D eigenvalue weighted by molar-refractivity contribution is 7.11. The maximum atomic E-state index is 11.5. The van der Waals surface area contributed by atoms with Crippen LogP contribution in [0, 0.1) is 6.92 Å².